The molecule has 0 spiro atoms. The normalized spacial score (nSPS) is 34.7. The molecule has 2 amide bonds. The van der Waals surface area contributed by atoms with Crippen molar-refractivity contribution in [2.45, 2.75) is 38.5 Å². The Labute approximate surface area is 164 Å². The molecule has 4 saturated carbocycles. The fourth-order valence-corrected chi connectivity index (χ4v) is 7.06. The second kappa shape index (κ2) is 6.76. The van der Waals surface area contributed by atoms with E-state index in [2.05, 4.69) is 15.2 Å². The molecule has 1 aromatic heterocycles. The molecule has 0 unspecified atom stereocenters. The Bertz CT molecular complexity index is 676. The average Bonchev–Trinajstić information content (AvgIpc) is 3.19. The number of hydrogen-bond donors (Lipinski definition) is 1. The third-order valence-corrected chi connectivity index (χ3v) is 8.07. The fourth-order valence-electron chi connectivity index (χ4n) is 6.36. The summed E-state index contributed by atoms with van der Waals surface area (Å²) in [5.41, 5.74) is -0.168. The van der Waals surface area contributed by atoms with Crippen LogP contribution >= 0.6 is 11.3 Å². The molecular weight excluding hydrogens is 360 g/mol. The van der Waals surface area contributed by atoms with E-state index in [9.17, 15) is 9.59 Å². The van der Waals surface area contributed by atoms with Crippen LogP contribution < -0.4 is 10.2 Å². The van der Waals surface area contributed by atoms with Gasteiger partial charge in [-0.3, -0.25) is 9.59 Å². The van der Waals surface area contributed by atoms with E-state index in [4.69, 9.17) is 0 Å². The van der Waals surface area contributed by atoms with E-state index in [1.807, 2.05) is 16.5 Å². The molecule has 1 saturated heterocycles. The number of piperazine rings is 1. The maximum atomic E-state index is 13.0. The lowest BCUT2D eigenvalue weighted by atomic mass is 9.49. The number of anilines is 1. The summed E-state index contributed by atoms with van der Waals surface area (Å²) in [5, 5.41) is 6.03. The van der Waals surface area contributed by atoms with Crippen molar-refractivity contribution in [2.24, 2.45) is 23.2 Å². The van der Waals surface area contributed by atoms with Crippen molar-refractivity contribution < 1.29 is 9.59 Å². The van der Waals surface area contributed by atoms with Gasteiger partial charge in [-0.25, -0.2) is 4.98 Å². The van der Waals surface area contributed by atoms with Crippen molar-refractivity contribution in [1.82, 2.24) is 15.2 Å². The average molecular weight is 389 g/mol. The van der Waals surface area contributed by atoms with E-state index in [0.717, 1.165) is 55.2 Å². The topological polar surface area (TPSA) is 65.5 Å². The Balaban J connectivity index is 1.13. The standard InChI is InChI=1S/C20H28N4O2S/c25-17(23-2-4-24(5-3-23)19-21-1-6-27-19)13-22-18(26)20-10-14-7-15(11-20)9-16(8-14)12-20/h1,6,14-16H,2-5,7-13H2,(H,22,26). The first-order chi connectivity index (χ1) is 13.1. The van der Waals surface area contributed by atoms with Gasteiger partial charge in [0.2, 0.25) is 11.8 Å². The highest BCUT2D eigenvalue weighted by Gasteiger charge is 2.54. The van der Waals surface area contributed by atoms with E-state index in [-0.39, 0.29) is 23.8 Å². The van der Waals surface area contributed by atoms with Gasteiger partial charge in [0.1, 0.15) is 0 Å². The summed E-state index contributed by atoms with van der Waals surface area (Å²) in [7, 11) is 0. The number of aromatic nitrogens is 1. The van der Waals surface area contributed by atoms with Crippen molar-refractivity contribution in [1.29, 1.82) is 0 Å². The minimum absolute atomic E-state index is 0.0480. The highest BCUT2D eigenvalue weighted by Crippen LogP contribution is 2.60. The van der Waals surface area contributed by atoms with Gasteiger partial charge in [0.05, 0.1) is 6.54 Å². The fraction of sp³-hybridized carbons (Fsp3) is 0.750. The monoisotopic (exact) mass is 388 g/mol. The van der Waals surface area contributed by atoms with Crippen LogP contribution in [0.4, 0.5) is 5.13 Å². The Hall–Kier alpha value is -1.63. The molecule has 0 atom stereocenters. The van der Waals surface area contributed by atoms with E-state index >= 15 is 0 Å². The molecule has 4 aliphatic carbocycles. The summed E-state index contributed by atoms with van der Waals surface area (Å²) in [4.78, 5) is 34.0. The highest BCUT2D eigenvalue weighted by atomic mass is 32.1. The van der Waals surface area contributed by atoms with Gasteiger partial charge in [-0.2, -0.15) is 0 Å². The number of nitrogens with one attached hydrogen (secondary N) is 1. The van der Waals surface area contributed by atoms with E-state index in [1.165, 1.54) is 19.3 Å². The van der Waals surface area contributed by atoms with Gasteiger partial charge in [0, 0.05) is 43.2 Å². The zero-order valence-electron chi connectivity index (χ0n) is 15.7. The van der Waals surface area contributed by atoms with Gasteiger partial charge < -0.3 is 15.1 Å². The summed E-state index contributed by atoms with van der Waals surface area (Å²) in [6, 6.07) is 0. The maximum Gasteiger partial charge on any atom is 0.242 e. The van der Waals surface area contributed by atoms with Crippen LogP contribution in [0.25, 0.3) is 0 Å². The second-order valence-corrected chi connectivity index (χ2v) is 9.94. The molecule has 1 aliphatic heterocycles. The Kier molecular flexibility index (Phi) is 4.37. The largest absolute Gasteiger partial charge is 0.347 e. The molecular formula is C20H28N4O2S. The molecule has 146 valence electrons. The zero-order chi connectivity index (χ0) is 18.4. The van der Waals surface area contributed by atoms with Crippen molar-refractivity contribution in [3.05, 3.63) is 11.6 Å². The lowest BCUT2D eigenvalue weighted by Gasteiger charge is -2.55. The lowest BCUT2D eigenvalue weighted by molar-refractivity contribution is -0.148. The first kappa shape index (κ1) is 17.5. The van der Waals surface area contributed by atoms with Gasteiger partial charge in [-0.05, 0) is 56.3 Å². The predicted octanol–water partition coefficient (Wildman–Crippen LogP) is 2.12. The van der Waals surface area contributed by atoms with Crippen LogP contribution in [0.2, 0.25) is 0 Å². The molecule has 0 radical (unpaired) electrons. The summed E-state index contributed by atoms with van der Waals surface area (Å²) < 4.78 is 0. The third-order valence-electron chi connectivity index (χ3n) is 7.24. The number of rotatable bonds is 4. The van der Waals surface area contributed by atoms with Crippen molar-refractivity contribution in [3.63, 3.8) is 0 Å². The molecule has 6 rings (SSSR count). The van der Waals surface area contributed by atoms with Gasteiger partial charge in [-0.15, -0.1) is 11.3 Å². The molecule has 1 N–H and O–H groups in total. The minimum Gasteiger partial charge on any atom is -0.347 e. The van der Waals surface area contributed by atoms with E-state index < -0.39 is 0 Å². The number of thiazole rings is 1. The summed E-state index contributed by atoms with van der Waals surface area (Å²) in [6.45, 7) is 3.17. The molecule has 6 nitrogen and oxygen atoms in total. The van der Waals surface area contributed by atoms with Crippen LogP contribution in [-0.2, 0) is 9.59 Å². The molecule has 7 heteroatoms. The Morgan fingerprint density at radius 3 is 2.26 bits per heavy atom. The molecule has 5 fully saturated rings. The van der Waals surface area contributed by atoms with Crippen LogP contribution in [0, 0.1) is 23.2 Å². The maximum absolute atomic E-state index is 13.0. The van der Waals surface area contributed by atoms with Gasteiger partial charge in [0.15, 0.2) is 5.13 Å². The summed E-state index contributed by atoms with van der Waals surface area (Å²) >= 11 is 1.63. The van der Waals surface area contributed by atoms with E-state index in [1.54, 1.807) is 11.3 Å². The first-order valence-corrected chi connectivity index (χ1v) is 11.2. The summed E-state index contributed by atoms with van der Waals surface area (Å²) in [6.07, 6.45) is 8.94. The smallest absolute Gasteiger partial charge is 0.242 e. The predicted molar refractivity (Wildman–Crippen MR) is 105 cm³/mol. The third kappa shape index (κ3) is 3.24. The number of carbonyl (C=O) groups excluding carboxylic acids is 2. The minimum atomic E-state index is -0.168. The Morgan fingerprint density at radius 2 is 1.70 bits per heavy atom. The van der Waals surface area contributed by atoms with Gasteiger partial charge in [-0.1, -0.05) is 0 Å². The van der Waals surface area contributed by atoms with Crippen LogP contribution in [-0.4, -0.2) is 54.4 Å². The number of carbonyl (C=O) groups is 2. The van der Waals surface area contributed by atoms with Gasteiger partial charge in [0.25, 0.3) is 0 Å². The van der Waals surface area contributed by atoms with Crippen molar-refractivity contribution >= 4 is 28.3 Å². The number of nitrogens with zero attached hydrogens (tertiary/aromatic N) is 3. The quantitative estimate of drug-likeness (QED) is 0.858. The van der Waals surface area contributed by atoms with Crippen LogP contribution in [0.3, 0.4) is 0 Å². The number of hydrogen-bond acceptors (Lipinski definition) is 5. The van der Waals surface area contributed by atoms with Crippen LogP contribution in [0.15, 0.2) is 11.6 Å². The van der Waals surface area contributed by atoms with Crippen molar-refractivity contribution in [2.75, 3.05) is 37.6 Å². The van der Waals surface area contributed by atoms with Crippen LogP contribution in [0.1, 0.15) is 38.5 Å². The molecule has 4 bridgehead atoms. The molecule has 5 aliphatic rings. The molecule has 1 aromatic rings. The highest BCUT2D eigenvalue weighted by molar-refractivity contribution is 7.13. The molecule has 2 heterocycles. The zero-order valence-corrected chi connectivity index (χ0v) is 16.5. The lowest BCUT2D eigenvalue weighted by Crippen LogP contribution is -2.56. The Morgan fingerprint density at radius 1 is 1.07 bits per heavy atom. The van der Waals surface area contributed by atoms with E-state index in [0.29, 0.717) is 13.1 Å². The number of amides is 2. The van der Waals surface area contributed by atoms with Gasteiger partial charge >= 0.3 is 0 Å². The first-order valence-electron chi connectivity index (χ1n) is 10.3. The van der Waals surface area contributed by atoms with Crippen molar-refractivity contribution in [3.8, 4) is 0 Å². The molecule has 0 aromatic carbocycles. The van der Waals surface area contributed by atoms with Crippen LogP contribution in [0.5, 0.6) is 0 Å². The second-order valence-electron chi connectivity index (χ2n) is 9.06. The summed E-state index contributed by atoms with van der Waals surface area (Å²) in [5.74, 6) is 2.44. The molecule has 27 heavy (non-hydrogen) atoms. The SMILES string of the molecule is O=C(CNC(=O)C12CC3CC(CC(C3)C1)C2)N1CCN(c2nccs2)CC1.